The molecule has 1 fully saturated rings. The Labute approximate surface area is 123 Å². The second-order valence-corrected chi connectivity index (χ2v) is 5.80. The summed E-state index contributed by atoms with van der Waals surface area (Å²) in [5, 5.41) is 11.9. The molecule has 0 aliphatic heterocycles. The second-order valence-electron chi connectivity index (χ2n) is 5.80. The van der Waals surface area contributed by atoms with Crippen molar-refractivity contribution in [2.45, 2.75) is 51.0 Å². The third kappa shape index (κ3) is 3.60. The van der Waals surface area contributed by atoms with Gasteiger partial charge in [0.1, 0.15) is 5.82 Å². The summed E-state index contributed by atoms with van der Waals surface area (Å²) >= 11 is 0. The zero-order valence-electron chi connectivity index (χ0n) is 12.1. The van der Waals surface area contributed by atoms with Gasteiger partial charge in [-0.25, -0.2) is 4.39 Å². The lowest BCUT2D eigenvalue weighted by Crippen LogP contribution is -2.51. The van der Waals surface area contributed by atoms with Crippen LogP contribution in [0.4, 0.5) is 4.39 Å². The number of carbonyl (C=O) groups is 2. The number of hydrogen-bond donors (Lipinski definition) is 2. The number of aliphatic carboxylic acids is 1. The molecule has 1 aliphatic carbocycles. The molecule has 1 aromatic carbocycles. The van der Waals surface area contributed by atoms with E-state index in [1.165, 1.54) is 6.07 Å². The van der Waals surface area contributed by atoms with Gasteiger partial charge in [-0.1, -0.05) is 31.4 Å². The molecule has 21 heavy (non-hydrogen) atoms. The third-order valence-electron chi connectivity index (χ3n) is 4.12. The zero-order valence-corrected chi connectivity index (χ0v) is 12.1. The van der Waals surface area contributed by atoms with Crippen molar-refractivity contribution in [2.75, 3.05) is 0 Å². The summed E-state index contributed by atoms with van der Waals surface area (Å²) in [6.45, 7) is 1.60. The van der Waals surface area contributed by atoms with Crippen molar-refractivity contribution in [3.8, 4) is 0 Å². The first-order valence-corrected chi connectivity index (χ1v) is 7.23. The molecule has 0 unspecified atom stereocenters. The summed E-state index contributed by atoms with van der Waals surface area (Å²) in [7, 11) is 0. The molecule has 2 rings (SSSR count). The normalized spacial score (nSPS) is 17.2. The van der Waals surface area contributed by atoms with Crippen LogP contribution in [0.5, 0.6) is 0 Å². The molecule has 0 bridgehead atoms. The predicted molar refractivity (Wildman–Crippen MR) is 76.7 cm³/mol. The molecule has 1 aliphatic rings. The van der Waals surface area contributed by atoms with Crippen LogP contribution in [0.25, 0.3) is 0 Å². The highest BCUT2D eigenvalue weighted by Gasteiger charge is 2.36. The van der Waals surface area contributed by atoms with E-state index in [0.29, 0.717) is 18.4 Å². The summed E-state index contributed by atoms with van der Waals surface area (Å²) in [4.78, 5) is 23.4. The lowest BCUT2D eigenvalue weighted by molar-refractivity contribution is -0.139. The Morgan fingerprint density at radius 1 is 1.29 bits per heavy atom. The maximum absolute atomic E-state index is 14.0. The van der Waals surface area contributed by atoms with Crippen LogP contribution in [-0.2, 0) is 4.79 Å². The number of benzene rings is 1. The molecule has 0 radical (unpaired) electrons. The highest BCUT2D eigenvalue weighted by Crippen LogP contribution is 2.31. The first-order valence-electron chi connectivity index (χ1n) is 7.23. The van der Waals surface area contributed by atoms with Crippen molar-refractivity contribution in [2.24, 2.45) is 0 Å². The van der Waals surface area contributed by atoms with Crippen molar-refractivity contribution in [1.29, 1.82) is 0 Å². The van der Waals surface area contributed by atoms with Crippen LogP contribution in [0.3, 0.4) is 0 Å². The fraction of sp³-hybridized carbons (Fsp3) is 0.500. The van der Waals surface area contributed by atoms with Gasteiger partial charge < -0.3 is 10.4 Å². The molecule has 0 saturated heterocycles. The summed E-state index contributed by atoms with van der Waals surface area (Å²) in [6, 6.07) is 4.65. The van der Waals surface area contributed by atoms with E-state index in [1.54, 1.807) is 19.1 Å². The molecular weight excluding hydrogens is 273 g/mol. The van der Waals surface area contributed by atoms with Gasteiger partial charge in [0.15, 0.2) is 0 Å². The van der Waals surface area contributed by atoms with Gasteiger partial charge in [0.05, 0.1) is 17.5 Å². The molecule has 1 saturated carbocycles. The van der Waals surface area contributed by atoms with Crippen LogP contribution in [0.15, 0.2) is 18.2 Å². The molecule has 0 spiro atoms. The zero-order chi connectivity index (χ0) is 15.5. The molecule has 0 atom stereocenters. The highest BCUT2D eigenvalue weighted by molar-refractivity contribution is 5.95. The SMILES string of the molecule is Cc1cccc(C(=O)NC2(CC(=O)O)CCCCC2)c1F. The van der Waals surface area contributed by atoms with E-state index < -0.39 is 23.2 Å². The highest BCUT2D eigenvalue weighted by atomic mass is 19.1. The Balaban J connectivity index is 2.21. The van der Waals surface area contributed by atoms with Gasteiger partial charge in [-0.15, -0.1) is 0 Å². The first kappa shape index (κ1) is 15.5. The van der Waals surface area contributed by atoms with Crippen LogP contribution < -0.4 is 5.32 Å². The van der Waals surface area contributed by atoms with E-state index in [2.05, 4.69) is 5.32 Å². The number of nitrogens with one attached hydrogen (secondary N) is 1. The van der Waals surface area contributed by atoms with E-state index in [4.69, 9.17) is 5.11 Å². The average Bonchev–Trinajstić information content (AvgIpc) is 2.41. The van der Waals surface area contributed by atoms with E-state index in [1.807, 2.05) is 0 Å². The van der Waals surface area contributed by atoms with Crippen molar-refractivity contribution in [3.05, 3.63) is 35.1 Å². The summed E-state index contributed by atoms with van der Waals surface area (Å²) in [6.07, 6.45) is 3.92. The minimum atomic E-state index is -0.943. The Bertz CT molecular complexity index is 550. The molecular formula is C16H20FNO3. The molecule has 5 heteroatoms. The summed E-state index contributed by atoms with van der Waals surface area (Å²) < 4.78 is 14.0. The average molecular weight is 293 g/mol. The number of aryl methyl sites for hydroxylation is 1. The smallest absolute Gasteiger partial charge is 0.305 e. The van der Waals surface area contributed by atoms with Crippen LogP contribution >= 0.6 is 0 Å². The topological polar surface area (TPSA) is 66.4 Å². The Morgan fingerprint density at radius 2 is 1.95 bits per heavy atom. The molecule has 114 valence electrons. The minimum absolute atomic E-state index is 0.0228. The monoisotopic (exact) mass is 293 g/mol. The van der Waals surface area contributed by atoms with Gasteiger partial charge in [0.2, 0.25) is 0 Å². The number of carbonyl (C=O) groups excluding carboxylic acids is 1. The van der Waals surface area contributed by atoms with Crippen molar-refractivity contribution in [3.63, 3.8) is 0 Å². The Morgan fingerprint density at radius 3 is 2.57 bits per heavy atom. The lowest BCUT2D eigenvalue weighted by atomic mass is 9.79. The fourth-order valence-corrected chi connectivity index (χ4v) is 2.99. The molecule has 4 nitrogen and oxygen atoms in total. The number of amides is 1. The summed E-state index contributed by atoms with van der Waals surface area (Å²) in [5.41, 5.74) is -0.374. The van der Waals surface area contributed by atoms with Crippen molar-refractivity contribution >= 4 is 11.9 Å². The Hall–Kier alpha value is -1.91. The number of carboxylic acid groups (broad SMARTS) is 1. The first-order chi connectivity index (χ1) is 9.93. The van der Waals surface area contributed by atoms with Gasteiger partial charge in [0.25, 0.3) is 5.91 Å². The molecule has 1 amide bonds. The van der Waals surface area contributed by atoms with Gasteiger partial charge in [-0.2, -0.15) is 0 Å². The molecule has 2 N–H and O–H groups in total. The maximum Gasteiger partial charge on any atom is 0.305 e. The van der Waals surface area contributed by atoms with Crippen molar-refractivity contribution < 1.29 is 19.1 Å². The third-order valence-corrected chi connectivity index (χ3v) is 4.12. The van der Waals surface area contributed by atoms with E-state index >= 15 is 0 Å². The van der Waals surface area contributed by atoms with E-state index in [9.17, 15) is 14.0 Å². The standard InChI is InChI=1S/C16H20FNO3/c1-11-6-5-7-12(14(11)17)15(21)18-16(10-13(19)20)8-3-2-4-9-16/h5-7H,2-4,8-10H2,1H3,(H,18,21)(H,19,20). The van der Waals surface area contributed by atoms with Gasteiger partial charge in [-0.3, -0.25) is 9.59 Å². The number of halogens is 1. The van der Waals surface area contributed by atoms with E-state index in [-0.39, 0.29) is 12.0 Å². The molecule has 0 heterocycles. The number of carboxylic acids is 1. The van der Waals surface area contributed by atoms with Gasteiger partial charge in [0, 0.05) is 0 Å². The van der Waals surface area contributed by atoms with Gasteiger partial charge >= 0.3 is 5.97 Å². The molecule has 1 aromatic rings. The van der Waals surface area contributed by atoms with Crippen LogP contribution in [0, 0.1) is 12.7 Å². The number of hydrogen-bond acceptors (Lipinski definition) is 2. The van der Waals surface area contributed by atoms with Gasteiger partial charge in [-0.05, 0) is 31.4 Å². The Kier molecular flexibility index (Phi) is 4.60. The fourth-order valence-electron chi connectivity index (χ4n) is 2.99. The molecule has 0 aromatic heterocycles. The lowest BCUT2D eigenvalue weighted by Gasteiger charge is -2.37. The predicted octanol–water partition coefficient (Wildman–Crippen LogP) is 3.04. The van der Waals surface area contributed by atoms with Crippen LogP contribution in [0.2, 0.25) is 0 Å². The number of rotatable bonds is 4. The van der Waals surface area contributed by atoms with Crippen LogP contribution in [0.1, 0.15) is 54.4 Å². The quantitative estimate of drug-likeness (QED) is 0.896. The minimum Gasteiger partial charge on any atom is -0.481 e. The van der Waals surface area contributed by atoms with E-state index in [0.717, 1.165) is 19.3 Å². The maximum atomic E-state index is 14.0. The van der Waals surface area contributed by atoms with Crippen LogP contribution in [-0.4, -0.2) is 22.5 Å². The second kappa shape index (κ2) is 6.24. The summed E-state index contributed by atoms with van der Waals surface area (Å²) in [5.74, 6) is -2.02. The van der Waals surface area contributed by atoms with Crippen molar-refractivity contribution in [1.82, 2.24) is 5.32 Å². The largest absolute Gasteiger partial charge is 0.481 e.